The summed E-state index contributed by atoms with van der Waals surface area (Å²) >= 11 is 1.36. The van der Waals surface area contributed by atoms with Crippen LogP contribution in [0.15, 0.2) is 90.3 Å². The molecule has 216 valence electrons. The minimum absolute atomic E-state index is 0.0231. The Morgan fingerprint density at radius 2 is 1.69 bits per heavy atom. The zero-order valence-electron chi connectivity index (χ0n) is 23.8. The van der Waals surface area contributed by atoms with Crippen LogP contribution in [0.5, 0.6) is 5.75 Å². The molecule has 5 rings (SSSR count). The second kappa shape index (κ2) is 13.4. The molecule has 1 N–H and O–H groups in total. The smallest absolute Gasteiger partial charge is 0.265 e. The molecule has 2 heterocycles. The summed E-state index contributed by atoms with van der Waals surface area (Å²) in [4.78, 5) is 46.2. The van der Waals surface area contributed by atoms with Crippen LogP contribution >= 0.6 is 11.3 Å². The molecule has 9 heteroatoms. The molecule has 0 atom stereocenters. The topological polar surface area (TPSA) is 82.2 Å². The molecule has 1 aromatic heterocycles. The third kappa shape index (κ3) is 6.80. The summed E-state index contributed by atoms with van der Waals surface area (Å²) in [5, 5.41) is 4.79. The quantitative estimate of drug-likeness (QED) is 0.291. The molecule has 1 aliphatic heterocycles. The van der Waals surface area contributed by atoms with Crippen molar-refractivity contribution in [1.82, 2.24) is 9.80 Å². The first-order valence-electron chi connectivity index (χ1n) is 13.9. The van der Waals surface area contributed by atoms with E-state index >= 15 is 0 Å². The number of hydrogen-bond acceptors (Lipinski definition) is 6. The average molecular weight is 583 g/mol. The Hall–Kier alpha value is -4.63. The van der Waals surface area contributed by atoms with E-state index in [1.54, 1.807) is 55.5 Å². The molecule has 0 radical (unpaired) electrons. The van der Waals surface area contributed by atoms with E-state index in [1.807, 2.05) is 58.8 Å². The molecule has 0 bridgehead atoms. The van der Waals surface area contributed by atoms with Crippen LogP contribution in [-0.4, -0.2) is 67.9 Å². The minimum atomic E-state index is -0.212. The highest BCUT2D eigenvalue weighted by Crippen LogP contribution is 2.28. The monoisotopic (exact) mass is 582 g/mol. The Morgan fingerprint density at radius 3 is 2.40 bits per heavy atom. The number of anilines is 2. The van der Waals surface area contributed by atoms with Crippen molar-refractivity contribution in [3.63, 3.8) is 0 Å². The van der Waals surface area contributed by atoms with Gasteiger partial charge < -0.3 is 24.8 Å². The van der Waals surface area contributed by atoms with Crippen LogP contribution in [0.25, 0.3) is 0 Å². The van der Waals surface area contributed by atoms with Gasteiger partial charge in [-0.05, 0) is 65.9 Å². The second-order valence-corrected chi connectivity index (χ2v) is 11.1. The van der Waals surface area contributed by atoms with Gasteiger partial charge in [-0.25, -0.2) is 0 Å². The zero-order valence-corrected chi connectivity index (χ0v) is 24.6. The Bertz CT molecular complexity index is 1520. The van der Waals surface area contributed by atoms with E-state index in [2.05, 4.69) is 10.2 Å². The van der Waals surface area contributed by atoms with Gasteiger partial charge in [-0.3, -0.25) is 14.4 Å². The molecule has 42 heavy (non-hydrogen) atoms. The number of carbonyl (C=O) groups excluding carboxylic acids is 3. The summed E-state index contributed by atoms with van der Waals surface area (Å²) in [6, 6.07) is 26.1. The fraction of sp³-hybridized carbons (Fsp3) is 0.242. The predicted molar refractivity (Wildman–Crippen MR) is 167 cm³/mol. The van der Waals surface area contributed by atoms with Gasteiger partial charge in [0.2, 0.25) is 0 Å². The maximum Gasteiger partial charge on any atom is 0.265 e. The molecule has 0 spiro atoms. The molecule has 4 aromatic rings. The van der Waals surface area contributed by atoms with E-state index < -0.39 is 0 Å². The summed E-state index contributed by atoms with van der Waals surface area (Å²) in [7, 11) is 3.39. The summed E-state index contributed by atoms with van der Waals surface area (Å²) in [6.07, 6.45) is 0.756. The van der Waals surface area contributed by atoms with E-state index in [0.717, 1.165) is 17.7 Å². The number of carbonyl (C=O) groups is 3. The Morgan fingerprint density at radius 1 is 0.905 bits per heavy atom. The molecule has 0 unspecified atom stereocenters. The minimum Gasteiger partial charge on any atom is -0.497 e. The third-order valence-electron chi connectivity index (χ3n) is 7.30. The molecule has 0 saturated carbocycles. The van der Waals surface area contributed by atoms with Gasteiger partial charge in [-0.2, -0.15) is 0 Å². The fourth-order valence-corrected chi connectivity index (χ4v) is 5.69. The van der Waals surface area contributed by atoms with Crippen LogP contribution < -0.4 is 15.0 Å². The number of nitrogens with one attached hydrogen (secondary N) is 1. The van der Waals surface area contributed by atoms with Gasteiger partial charge >= 0.3 is 0 Å². The highest BCUT2D eigenvalue weighted by molar-refractivity contribution is 7.12. The third-order valence-corrected chi connectivity index (χ3v) is 8.17. The zero-order chi connectivity index (χ0) is 29.5. The predicted octanol–water partition coefficient (Wildman–Crippen LogP) is 5.63. The lowest BCUT2D eigenvalue weighted by Gasteiger charge is -2.28. The van der Waals surface area contributed by atoms with E-state index in [9.17, 15) is 14.4 Å². The van der Waals surface area contributed by atoms with E-state index in [0.29, 0.717) is 60.2 Å². The summed E-state index contributed by atoms with van der Waals surface area (Å²) in [5.74, 6) is 0.329. The van der Waals surface area contributed by atoms with Gasteiger partial charge in [0.1, 0.15) is 5.75 Å². The van der Waals surface area contributed by atoms with Crippen LogP contribution in [0.2, 0.25) is 0 Å². The van der Waals surface area contributed by atoms with Gasteiger partial charge in [0.05, 0.1) is 17.6 Å². The van der Waals surface area contributed by atoms with Gasteiger partial charge in [0.25, 0.3) is 17.7 Å². The first-order chi connectivity index (χ1) is 20.4. The van der Waals surface area contributed by atoms with Crippen molar-refractivity contribution in [1.29, 1.82) is 0 Å². The SMILES string of the molecule is COc1ccc(C(=O)N2CCCN(c3ccc(NC(=O)c4cccs4)cc3C(=O)N(C)Cc3ccccc3)CC2)cc1. The van der Waals surface area contributed by atoms with E-state index in [4.69, 9.17) is 4.74 Å². The first kappa shape index (κ1) is 28.9. The average Bonchev–Trinajstić information content (AvgIpc) is 3.46. The van der Waals surface area contributed by atoms with Crippen LogP contribution in [0.1, 0.15) is 42.4 Å². The lowest BCUT2D eigenvalue weighted by molar-refractivity contribution is 0.0763. The largest absolute Gasteiger partial charge is 0.497 e. The van der Waals surface area contributed by atoms with Crippen LogP contribution in [-0.2, 0) is 6.54 Å². The highest BCUT2D eigenvalue weighted by Gasteiger charge is 2.25. The fourth-order valence-electron chi connectivity index (χ4n) is 5.07. The Labute approximate surface area is 250 Å². The van der Waals surface area contributed by atoms with Crippen molar-refractivity contribution in [2.24, 2.45) is 0 Å². The normalized spacial score (nSPS) is 13.3. The van der Waals surface area contributed by atoms with Gasteiger partial charge in [-0.15, -0.1) is 11.3 Å². The molecule has 3 aromatic carbocycles. The molecule has 8 nitrogen and oxygen atoms in total. The van der Waals surface area contributed by atoms with Gasteiger partial charge in [0, 0.05) is 56.7 Å². The molecule has 1 saturated heterocycles. The lowest BCUT2D eigenvalue weighted by atomic mass is 10.1. The van der Waals surface area contributed by atoms with E-state index in [1.165, 1.54) is 11.3 Å². The number of thiophene rings is 1. The second-order valence-electron chi connectivity index (χ2n) is 10.2. The maximum atomic E-state index is 13.9. The van der Waals surface area contributed by atoms with Crippen molar-refractivity contribution < 1.29 is 19.1 Å². The summed E-state index contributed by atoms with van der Waals surface area (Å²) in [6.45, 7) is 2.86. The molecule has 3 amide bonds. The van der Waals surface area contributed by atoms with Crippen LogP contribution in [0.4, 0.5) is 11.4 Å². The van der Waals surface area contributed by atoms with Crippen molar-refractivity contribution in [3.05, 3.63) is 112 Å². The molecule has 1 fully saturated rings. The van der Waals surface area contributed by atoms with Crippen LogP contribution in [0, 0.1) is 0 Å². The van der Waals surface area contributed by atoms with Crippen molar-refractivity contribution >= 4 is 40.4 Å². The van der Waals surface area contributed by atoms with Crippen molar-refractivity contribution in [2.75, 3.05) is 50.6 Å². The van der Waals surface area contributed by atoms with Gasteiger partial charge in [-0.1, -0.05) is 36.4 Å². The molecular weight excluding hydrogens is 548 g/mol. The van der Waals surface area contributed by atoms with Crippen LogP contribution in [0.3, 0.4) is 0 Å². The number of benzene rings is 3. The van der Waals surface area contributed by atoms with E-state index in [-0.39, 0.29) is 17.7 Å². The number of ether oxygens (including phenoxy) is 1. The first-order valence-corrected chi connectivity index (χ1v) is 14.8. The van der Waals surface area contributed by atoms with Gasteiger partial charge in [0.15, 0.2) is 0 Å². The summed E-state index contributed by atoms with van der Waals surface area (Å²) < 4.78 is 5.22. The number of amides is 3. The van der Waals surface area contributed by atoms with Crippen molar-refractivity contribution in [2.45, 2.75) is 13.0 Å². The number of rotatable bonds is 8. The molecular formula is C33H34N4O4S. The highest BCUT2D eigenvalue weighted by atomic mass is 32.1. The summed E-state index contributed by atoms with van der Waals surface area (Å²) in [5.41, 5.74) is 3.49. The maximum absolute atomic E-state index is 13.9. The van der Waals surface area contributed by atoms with Crippen molar-refractivity contribution in [3.8, 4) is 5.75 Å². The number of hydrogen-bond donors (Lipinski definition) is 1. The standard InChI is InChI=1S/C33H34N4O4S/c1-35(23-24-8-4-3-5-9-24)33(40)28-22-26(34-31(38)30-10-6-21-42-30)13-16-29(28)36-17-7-18-37(20-19-36)32(39)25-11-14-27(41-2)15-12-25/h3-6,8-16,21-22H,7,17-20,23H2,1-2H3,(H,34,38). The molecule has 0 aliphatic carbocycles. The lowest BCUT2D eigenvalue weighted by Crippen LogP contribution is -2.36. The Balaban J connectivity index is 1.37. The molecule has 1 aliphatic rings. The number of nitrogens with zero attached hydrogens (tertiary/aromatic N) is 3. The Kier molecular flexibility index (Phi) is 9.18. The number of methoxy groups -OCH3 is 1.